The molecule has 1 aliphatic heterocycles. The molecular formula is C15H22FN3O2. The van der Waals surface area contributed by atoms with Crippen LogP contribution in [-0.2, 0) is 4.79 Å². The number of amides is 1. The molecule has 0 spiro atoms. The molecule has 116 valence electrons. The fourth-order valence-electron chi connectivity index (χ4n) is 2.51. The number of aliphatic hydroxyl groups is 1. The Kier molecular flexibility index (Phi) is 4.80. The smallest absolute Gasteiger partial charge is 0.238 e. The highest BCUT2D eigenvalue weighted by Gasteiger charge is 2.25. The van der Waals surface area contributed by atoms with Crippen molar-refractivity contribution in [3.8, 4) is 0 Å². The maximum atomic E-state index is 13.2. The fraction of sp³-hybridized carbons (Fsp3) is 0.533. The Labute approximate surface area is 123 Å². The SMILES string of the molecule is CC1(O)CCCN(CC(=O)Nc2cc(F)ccc2N)CC1. The van der Waals surface area contributed by atoms with Crippen LogP contribution < -0.4 is 11.1 Å². The Morgan fingerprint density at radius 3 is 3.00 bits per heavy atom. The number of nitrogens with two attached hydrogens (primary N) is 1. The van der Waals surface area contributed by atoms with Crippen molar-refractivity contribution in [1.82, 2.24) is 4.90 Å². The van der Waals surface area contributed by atoms with Crippen LogP contribution >= 0.6 is 0 Å². The molecule has 2 rings (SSSR count). The highest BCUT2D eigenvalue weighted by Crippen LogP contribution is 2.22. The lowest BCUT2D eigenvalue weighted by Gasteiger charge is -2.22. The average molecular weight is 295 g/mol. The molecule has 1 heterocycles. The summed E-state index contributed by atoms with van der Waals surface area (Å²) in [4.78, 5) is 14.0. The zero-order valence-electron chi connectivity index (χ0n) is 12.2. The van der Waals surface area contributed by atoms with E-state index >= 15 is 0 Å². The lowest BCUT2D eigenvalue weighted by atomic mass is 9.98. The van der Waals surface area contributed by atoms with Crippen molar-refractivity contribution in [1.29, 1.82) is 0 Å². The first-order chi connectivity index (χ1) is 9.85. The van der Waals surface area contributed by atoms with Crippen LogP contribution in [0.15, 0.2) is 18.2 Å². The predicted octanol–water partition coefficient (Wildman–Crippen LogP) is 1.58. The van der Waals surface area contributed by atoms with Crippen LogP contribution in [0.3, 0.4) is 0 Å². The minimum Gasteiger partial charge on any atom is -0.397 e. The van der Waals surface area contributed by atoms with Gasteiger partial charge in [-0.25, -0.2) is 4.39 Å². The maximum Gasteiger partial charge on any atom is 0.238 e. The highest BCUT2D eigenvalue weighted by molar-refractivity contribution is 5.95. The Hall–Kier alpha value is -1.66. The Bertz CT molecular complexity index is 520. The van der Waals surface area contributed by atoms with E-state index in [1.807, 2.05) is 11.8 Å². The van der Waals surface area contributed by atoms with Crippen LogP contribution in [0.5, 0.6) is 0 Å². The lowest BCUT2D eigenvalue weighted by Crippen LogP contribution is -2.35. The molecule has 0 aliphatic carbocycles. The van der Waals surface area contributed by atoms with Gasteiger partial charge in [-0.05, 0) is 50.9 Å². The third kappa shape index (κ3) is 4.68. The molecular weight excluding hydrogens is 273 g/mol. The van der Waals surface area contributed by atoms with Gasteiger partial charge >= 0.3 is 0 Å². The normalized spacial score (nSPS) is 23.6. The van der Waals surface area contributed by atoms with Crippen molar-refractivity contribution in [2.45, 2.75) is 31.8 Å². The first-order valence-electron chi connectivity index (χ1n) is 7.15. The third-order valence-corrected chi connectivity index (χ3v) is 3.81. The first kappa shape index (κ1) is 15.7. The summed E-state index contributed by atoms with van der Waals surface area (Å²) >= 11 is 0. The van der Waals surface area contributed by atoms with E-state index in [1.54, 1.807) is 0 Å². The molecule has 21 heavy (non-hydrogen) atoms. The van der Waals surface area contributed by atoms with Gasteiger partial charge in [0.05, 0.1) is 23.5 Å². The van der Waals surface area contributed by atoms with E-state index in [-0.39, 0.29) is 12.5 Å². The highest BCUT2D eigenvalue weighted by atomic mass is 19.1. The standard InChI is InChI=1S/C15H22FN3O2/c1-15(21)5-2-7-19(8-6-15)10-14(20)18-13-9-11(16)3-4-12(13)17/h3-4,9,21H,2,5-8,10,17H2,1H3,(H,18,20). The Balaban J connectivity index is 1.91. The molecule has 1 aromatic rings. The summed E-state index contributed by atoms with van der Waals surface area (Å²) in [5.41, 5.74) is 5.68. The van der Waals surface area contributed by atoms with E-state index in [0.29, 0.717) is 24.3 Å². The summed E-state index contributed by atoms with van der Waals surface area (Å²) < 4.78 is 13.2. The molecule has 1 fully saturated rings. The number of carbonyl (C=O) groups excluding carboxylic acids is 1. The minimum absolute atomic E-state index is 0.214. The fourth-order valence-corrected chi connectivity index (χ4v) is 2.51. The van der Waals surface area contributed by atoms with Gasteiger partial charge in [-0.3, -0.25) is 9.69 Å². The van der Waals surface area contributed by atoms with E-state index in [9.17, 15) is 14.3 Å². The molecule has 0 bridgehead atoms. The van der Waals surface area contributed by atoms with Gasteiger partial charge in [0, 0.05) is 6.54 Å². The molecule has 0 radical (unpaired) electrons. The van der Waals surface area contributed by atoms with Crippen LogP contribution in [-0.4, -0.2) is 41.1 Å². The number of hydrogen-bond acceptors (Lipinski definition) is 4. The van der Waals surface area contributed by atoms with Gasteiger partial charge in [0.1, 0.15) is 5.82 Å². The van der Waals surface area contributed by atoms with Crippen molar-refractivity contribution < 1.29 is 14.3 Å². The maximum absolute atomic E-state index is 13.2. The second-order valence-corrected chi connectivity index (χ2v) is 5.91. The quantitative estimate of drug-likeness (QED) is 0.740. The molecule has 1 atom stereocenters. The number of nitrogens with one attached hydrogen (secondary N) is 1. The third-order valence-electron chi connectivity index (χ3n) is 3.81. The molecule has 1 amide bonds. The van der Waals surface area contributed by atoms with E-state index in [2.05, 4.69) is 5.32 Å². The molecule has 1 saturated heterocycles. The molecule has 1 unspecified atom stereocenters. The second-order valence-electron chi connectivity index (χ2n) is 5.91. The van der Waals surface area contributed by atoms with E-state index < -0.39 is 11.4 Å². The first-order valence-corrected chi connectivity index (χ1v) is 7.15. The molecule has 1 aromatic carbocycles. The van der Waals surface area contributed by atoms with Crippen LogP contribution in [0, 0.1) is 5.82 Å². The van der Waals surface area contributed by atoms with E-state index in [1.165, 1.54) is 18.2 Å². The number of nitrogens with zero attached hydrogens (tertiary/aromatic N) is 1. The number of benzene rings is 1. The van der Waals surface area contributed by atoms with Crippen molar-refractivity contribution in [3.63, 3.8) is 0 Å². The Morgan fingerprint density at radius 1 is 1.48 bits per heavy atom. The number of hydrogen-bond donors (Lipinski definition) is 3. The van der Waals surface area contributed by atoms with Crippen LogP contribution in [0.4, 0.5) is 15.8 Å². The van der Waals surface area contributed by atoms with Crippen LogP contribution in [0.25, 0.3) is 0 Å². The average Bonchev–Trinajstić information content (AvgIpc) is 2.55. The second kappa shape index (κ2) is 6.41. The summed E-state index contributed by atoms with van der Waals surface area (Å²) in [5.74, 6) is -0.667. The molecule has 5 nitrogen and oxygen atoms in total. The largest absolute Gasteiger partial charge is 0.397 e. The monoisotopic (exact) mass is 295 g/mol. The lowest BCUT2D eigenvalue weighted by molar-refractivity contribution is -0.117. The Morgan fingerprint density at radius 2 is 2.24 bits per heavy atom. The van der Waals surface area contributed by atoms with Crippen molar-refractivity contribution in [2.24, 2.45) is 0 Å². The summed E-state index contributed by atoms with van der Waals surface area (Å²) in [6.07, 6.45) is 2.23. The molecule has 4 N–H and O–H groups in total. The van der Waals surface area contributed by atoms with Gasteiger partial charge in [-0.1, -0.05) is 0 Å². The number of halogens is 1. The summed E-state index contributed by atoms with van der Waals surface area (Å²) in [7, 11) is 0. The van der Waals surface area contributed by atoms with Crippen molar-refractivity contribution in [3.05, 3.63) is 24.0 Å². The number of carbonyl (C=O) groups is 1. The molecule has 0 saturated carbocycles. The van der Waals surface area contributed by atoms with Crippen LogP contribution in [0.2, 0.25) is 0 Å². The van der Waals surface area contributed by atoms with Gasteiger partial charge in [0.25, 0.3) is 0 Å². The van der Waals surface area contributed by atoms with Gasteiger partial charge in [-0.15, -0.1) is 0 Å². The summed E-state index contributed by atoms with van der Waals surface area (Å²) in [6.45, 7) is 3.47. The molecule has 0 aromatic heterocycles. The van der Waals surface area contributed by atoms with E-state index in [0.717, 1.165) is 19.4 Å². The van der Waals surface area contributed by atoms with E-state index in [4.69, 9.17) is 5.73 Å². The summed E-state index contributed by atoms with van der Waals surface area (Å²) in [5, 5.41) is 12.7. The summed E-state index contributed by atoms with van der Waals surface area (Å²) in [6, 6.07) is 3.89. The van der Waals surface area contributed by atoms with Gasteiger partial charge < -0.3 is 16.2 Å². The van der Waals surface area contributed by atoms with Crippen molar-refractivity contribution in [2.75, 3.05) is 30.7 Å². The van der Waals surface area contributed by atoms with Crippen molar-refractivity contribution >= 4 is 17.3 Å². The topological polar surface area (TPSA) is 78.6 Å². The van der Waals surface area contributed by atoms with Crippen LogP contribution in [0.1, 0.15) is 26.2 Å². The number of nitrogen functional groups attached to an aromatic ring is 1. The van der Waals surface area contributed by atoms with Gasteiger partial charge in [0.15, 0.2) is 0 Å². The zero-order chi connectivity index (χ0) is 15.5. The van der Waals surface area contributed by atoms with Gasteiger partial charge in [0.2, 0.25) is 5.91 Å². The number of rotatable bonds is 3. The number of anilines is 2. The zero-order valence-corrected chi connectivity index (χ0v) is 12.2. The molecule has 1 aliphatic rings. The molecule has 6 heteroatoms. The predicted molar refractivity (Wildman–Crippen MR) is 80.4 cm³/mol. The minimum atomic E-state index is -0.655. The number of likely N-dealkylation sites (tertiary alicyclic amines) is 1. The van der Waals surface area contributed by atoms with Gasteiger partial charge in [-0.2, -0.15) is 0 Å².